The first kappa shape index (κ1) is 17.8. The summed E-state index contributed by atoms with van der Waals surface area (Å²) < 4.78 is 0. The maximum atomic E-state index is 12.6. The summed E-state index contributed by atoms with van der Waals surface area (Å²) in [5.74, 6) is 0.331. The summed E-state index contributed by atoms with van der Waals surface area (Å²) in [7, 11) is 0. The smallest absolute Gasteiger partial charge is 0.231 e. The number of nitrogens with zero attached hydrogens (tertiary/aromatic N) is 1. The quantitative estimate of drug-likeness (QED) is 0.455. The Morgan fingerprint density at radius 2 is 1.78 bits per heavy atom. The summed E-state index contributed by atoms with van der Waals surface area (Å²) in [6.07, 6.45) is 0. The summed E-state index contributed by atoms with van der Waals surface area (Å²) in [5.41, 5.74) is 2.03. The highest BCUT2D eigenvalue weighted by molar-refractivity contribution is 7.99. The number of thiophene rings is 1. The Labute approximate surface area is 166 Å². The minimum atomic E-state index is -0.121. The number of pyridine rings is 1. The molecule has 1 amide bonds. The van der Waals surface area contributed by atoms with Gasteiger partial charge in [-0.05, 0) is 29.1 Å². The third kappa shape index (κ3) is 4.38. The predicted molar refractivity (Wildman–Crippen MR) is 113 cm³/mol. The van der Waals surface area contributed by atoms with Gasteiger partial charge in [0.05, 0.1) is 22.3 Å². The molecule has 1 atom stereocenters. The first-order valence-electron chi connectivity index (χ1n) is 8.66. The Bertz CT molecular complexity index is 1030. The molecule has 4 rings (SSSR count). The Morgan fingerprint density at radius 1 is 0.963 bits per heavy atom. The van der Waals surface area contributed by atoms with E-state index in [2.05, 4.69) is 16.4 Å². The summed E-state index contributed by atoms with van der Waals surface area (Å²) in [5, 5.41) is 7.16. The fourth-order valence-electron chi connectivity index (χ4n) is 2.89. The molecule has 2 aromatic heterocycles. The van der Waals surface area contributed by atoms with Crippen molar-refractivity contribution in [1.29, 1.82) is 0 Å². The molecule has 3 nitrogen and oxygen atoms in total. The van der Waals surface area contributed by atoms with Crippen LogP contribution in [0, 0.1) is 0 Å². The van der Waals surface area contributed by atoms with Crippen LogP contribution in [0.15, 0.2) is 89.3 Å². The first-order valence-corrected chi connectivity index (χ1v) is 10.5. The molecule has 0 bridgehead atoms. The van der Waals surface area contributed by atoms with Crippen molar-refractivity contribution in [2.45, 2.75) is 11.1 Å². The van der Waals surface area contributed by atoms with Gasteiger partial charge in [-0.3, -0.25) is 4.79 Å². The second-order valence-electron chi connectivity index (χ2n) is 6.06. The molecule has 0 spiro atoms. The molecule has 0 aliphatic heterocycles. The van der Waals surface area contributed by atoms with Gasteiger partial charge in [0.15, 0.2) is 0 Å². The third-order valence-corrected chi connectivity index (χ3v) is 6.06. The number of carbonyl (C=O) groups is 1. The number of thioether (sulfide) groups is 1. The van der Waals surface area contributed by atoms with Gasteiger partial charge in [0, 0.05) is 10.3 Å². The molecule has 27 heavy (non-hydrogen) atoms. The van der Waals surface area contributed by atoms with Crippen LogP contribution in [-0.2, 0) is 4.79 Å². The van der Waals surface area contributed by atoms with E-state index in [9.17, 15) is 4.79 Å². The van der Waals surface area contributed by atoms with Gasteiger partial charge in [-0.1, -0.05) is 72.4 Å². The highest BCUT2D eigenvalue weighted by atomic mass is 32.2. The normalized spacial score (nSPS) is 12.0. The molecule has 134 valence electrons. The highest BCUT2D eigenvalue weighted by Gasteiger charge is 2.17. The molecular formula is C22H18N2OS2. The molecule has 0 fully saturated rings. The minimum absolute atomic E-state index is 0.00258. The van der Waals surface area contributed by atoms with Gasteiger partial charge < -0.3 is 5.32 Å². The molecule has 2 aromatic carbocycles. The molecule has 0 radical (unpaired) electrons. The topological polar surface area (TPSA) is 42.0 Å². The van der Waals surface area contributed by atoms with Crippen LogP contribution in [0.25, 0.3) is 10.9 Å². The predicted octanol–water partition coefficient (Wildman–Crippen LogP) is 5.29. The van der Waals surface area contributed by atoms with E-state index in [0.29, 0.717) is 5.75 Å². The van der Waals surface area contributed by atoms with Gasteiger partial charge in [0.25, 0.3) is 0 Å². The lowest BCUT2D eigenvalue weighted by Crippen LogP contribution is -2.30. The fraction of sp³-hybridized carbons (Fsp3) is 0.0909. The molecule has 0 aliphatic rings. The lowest BCUT2D eigenvalue weighted by Gasteiger charge is -2.18. The van der Waals surface area contributed by atoms with E-state index in [1.807, 2.05) is 78.2 Å². The zero-order valence-corrected chi connectivity index (χ0v) is 16.2. The maximum absolute atomic E-state index is 12.6. The van der Waals surface area contributed by atoms with Gasteiger partial charge in [-0.25, -0.2) is 4.98 Å². The molecule has 0 saturated heterocycles. The van der Waals surface area contributed by atoms with Crippen LogP contribution in [0.4, 0.5) is 0 Å². The second kappa shape index (κ2) is 8.37. The number of benzene rings is 2. The highest BCUT2D eigenvalue weighted by Crippen LogP contribution is 2.26. The average molecular weight is 391 g/mol. The number of hydrogen-bond donors (Lipinski definition) is 1. The Hall–Kier alpha value is -2.63. The van der Waals surface area contributed by atoms with E-state index in [1.165, 1.54) is 11.8 Å². The maximum Gasteiger partial charge on any atom is 0.231 e. The number of aromatic nitrogens is 1. The van der Waals surface area contributed by atoms with E-state index in [-0.39, 0.29) is 11.9 Å². The van der Waals surface area contributed by atoms with Crippen LogP contribution in [0.2, 0.25) is 0 Å². The molecule has 2 heterocycles. The Balaban J connectivity index is 1.45. The summed E-state index contributed by atoms with van der Waals surface area (Å²) >= 11 is 3.11. The van der Waals surface area contributed by atoms with E-state index in [4.69, 9.17) is 0 Å². The van der Waals surface area contributed by atoms with Crippen molar-refractivity contribution in [1.82, 2.24) is 10.3 Å². The van der Waals surface area contributed by atoms with Gasteiger partial charge in [0.2, 0.25) is 5.91 Å². The van der Waals surface area contributed by atoms with Crippen molar-refractivity contribution < 1.29 is 4.79 Å². The SMILES string of the molecule is O=C(CSc1ccc2ccccc2n1)N[C@@H](c1ccccc1)c1cccs1. The van der Waals surface area contributed by atoms with Crippen LogP contribution >= 0.6 is 23.1 Å². The van der Waals surface area contributed by atoms with E-state index in [0.717, 1.165) is 26.4 Å². The van der Waals surface area contributed by atoms with E-state index < -0.39 is 0 Å². The van der Waals surface area contributed by atoms with Crippen LogP contribution < -0.4 is 5.32 Å². The standard InChI is InChI=1S/C22H18N2OS2/c25-20(15-27-21-13-12-16-7-4-5-10-18(16)23-21)24-22(19-11-6-14-26-19)17-8-2-1-3-9-17/h1-14,22H,15H2,(H,24,25)/t22-/m0/s1. The second-order valence-corrected chi connectivity index (χ2v) is 8.03. The number of fused-ring (bicyclic) bond motifs is 1. The zero-order chi connectivity index (χ0) is 18.5. The molecular weight excluding hydrogens is 372 g/mol. The third-order valence-electron chi connectivity index (χ3n) is 4.19. The lowest BCUT2D eigenvalue weighted by molar-refractivity contribution is -0.119. The van der Waals surface area contributed by atoms with Crippen molar-refractivity contribution in [3.05, 3.63) is 94.7 Å². The number of nitrogens with one attached hydrogen (secondary N) is 1. The molecule has 0 aliphatic carbocycles. The van der Waals surface area contributed by atoms with E-state index in [1.54, 1.807) is 11.3 Å². The monoisotopic (exact) mass is 390 g/mol. The molecule has 4 aromatic rings. The lowest BCUT2D eigenvalue weighted by atomic mass is 10.1. The van der Waals surface area contributed by atoms with Crippen molar-refractivity contribution in [2.75, 3.05) is 5.75 Å². The van der Waals surface area contributed by atoms with Crippen LogP contribution in [0.1, 0.15) is 16.5 Å². The van der Waals surface area contributed by atoms with Crippen LogP contribution in [0.3, 0.4) is 0 Å². The molecule has 0 saturated carbocycles. The summed E-state index contributed by atoms with van der Waals surface area (Å²) in [4.78, 5) is 18.4. The van der Waals surface area contributed by atoms with Crippen molar-refractivity contribution in [3.63, 3.8) is 0 Å². The van der Waals surface area contributed by atoms with Gasteiger partial charge >= 0.3 is 0 Å². The summed E-state index contributed by atoms with van der Waals surface area (Å²) in [6, 6.07) is 26.0. The van der Waals surface area contributed by atoms with Crippen LogP contribution in [-0.4, -0.2) is 16.6 Å². The van der Waals surface area contributed by atoms with Crippen LogP contribution in [0.5, 0.6) is 0 Å². The van der Waals surface area contributed by atoms with Crippen molar-refractivity contribution >= 4 is 39.9 Å². The van der Waals surface area contributed by atoms with Gasteiger partial charge in [-0.2, -0.15) is 0 Å². The van der Waals surface area contributed by atoms with E-state index >= 15 is 0 Å². The fourth-order valence-corrected chi connectivity index (χ4v) is 4.38. The Morgan fingerprint density at radius 3 is 2.59 bits per heavy atom. The molecule has 0 unspecified atom stereocenters. The summed E-state index contributed by atoms with van der Waals surface area (Å²) in [6.45, 7) is 0. The molecule has 5 heteroatoms. The number of amides is 1. The number of rotatable bonds is 6. The Kier molecular flexibility index (Phi) is 5.51. The number of para-hydroxylation sites is 1. The van der Waals surface area contributed by atoms with Crippen molar-refractivity contribution in [2.24, 2.45) is 0 Å². The van der Waals surface area contributed by atoms with Gasteiger partial charge in [-0.15, -0.1) is 11.3 Å². The number of carbonyl (C=O) groups excluding carboxylic acids is 1. The largest absolute Gasteiger partial charge is 0.344 e. The molecule has 1 N–H and O–H groups in total. The van der Waals surface area contributed by atoms with Crippen molar-refractivity contribution in [3.8, 4) is 0 Å². The first-order chi connectivity index (χ1) is 13.3. The average Bonchev–Trinajstić information content (AvgIpc) is 3.25. The zero-order valence-electron chi connectivity index (χ0n) is 14.5. The minimum Gasteiger partial charge on any atom is -0.344 e. The number of hydrogen-bond acceptors (Lipinski definition) is 4. The van der Waals surface area contributed by atoms with Gasteiger partial charge in [0.1, 0.15) is 0 Å².